The van der Waals surface area contributed by atoms with Crippen LogP contribution in [0.3, 0.4) is 0 Å². The van der Waals surface area contributed by atoms with Crippen molar-refractivity contribution < 1.29 is 23.2 Å². The number of likely N-dealkylation sites (N-methyl/N-ethyl adjacent to an activating group) is 1. The van der Waals surface area contributed by atoms with Gasteiger partial charge in [0.1, 0.15) is 17.2 Å². The van der Waals surface area contributed by atoms with Crippen LogP contribution in [-0.4, -0.2) is 49.3 Å². The van der Waals surface area contributed by atoms with E-state index in [-0.39, 0.29) is 29.7 Å². The summed E-state index contributed by atoms with van der Waals surface area (Å²) in [5.41, 5.74) is 3.96. The predicted octanol–water partition coefficient (Wildman–Crippen LogP) is 5.18. The molecule has 8 heteroatoms. The zero-order valence-electron chi connectivity index (χ0n) is 22.6. The molecule has 3 fully saturated rings. The summed E-state index contributed by atoms with van der Waals surface area (Å²) in [6, 6.07) is 16.7. The van der Waals surface area contributed by atoms with Crippen molar-refractivity contribution >= 4 is 28.7 Å². The maximum atomic E-state index is 13.6. The third kappa shape index (κ3) is 4.43. The molecule has 0 spiro atoms. The molecule has 3 amide bonds. The Morgan fingerprint density at radius 2 is 1.70 bits per heavy atom. The van der Waals surface area contributed by atoms with Crippen molar-refractivity contribution in [2.24, 2.45) is 5.92 Å². The van der Waals surface area contributed by atoms with E-state index in [1.54, 1.807) is 38.4 Å². The molecule has 3 saturated carbocycles. The van der Waals surface area contributed by atoms with E-state index in [9.17, 15) is 18.8 Å². The van der Waals surface area contributed by atoms with Crippen molar-refractivity contribution in [2.75, 3.05) is 21.1 Å². The second-order valence-corrected chi connectivity index (χ2v) is 11.2. The van der Waals surface area contributed by atoms with E-state index in [0.29, 0.717) is 39.0 Å². The molecule has 3 aromatic carbocycles. The Bertz CT molecular complexity index is 1650. The van der Waals surface area contributed by atoms with Gasteiger partial charge in [0, 0.05) is 43.2 Å². The van der Waals surface area contributed by atoms with Crippen LogP contribution >= 0.6 is 0 Å². The highest BCUT2D eigenvalue weighted by Crippen LogP contribution is 2.57. The average Bonchev–Trinajstić information content (AvgIpc) is 3.27. The number of halogens is 1. The summed E-state index contributed by atoms with van der Waals surface area (Å²) in [5.74, 6) is 0.0938. The number of carbonyl (C=O) groups is 3. The fraction of sp³-hybridized carbons (Fsp3) is 0.281. The average molecular weight is 540 g/mol. The lowest BCUT2D eigenvalue weighted by atomic mass is 9.50. The number of hydrogen-bond acceptors (Lipinski definition) is 4. The van der Waals surface area contributed by atoms with E-state index in [2.05, 4.69) is 10.6 Å². The van der Waals surface area contributed by atoms with E-state index >= 15 is 0 Å². The molecule has 40 heavy (non-hydrogen) atoms. The maximum absolute atomic E-state index is 13.6. The number of amides is 3. The fourth-order valence-corrected chi connectivity index (χ4v) is 5.85. The minimum Gasteiger partial charge on any atom is -0.455 e. The van der Waals surface area contributed by atoms with Crippen LogP contribution in [0.1, 0.15) is 45.5 Å². The lowest BCUT2D eigenvalue weighted by Gasteiger charge is -2.61. The maximum Gasteiger partial charge on any atom is 0.255 e. The smallest absolute Gasteiger partial charge is 0.255 e. The second-order valence-electron chi connectivity index (χ2n) is 11.2. The van der Waals surface area contributed by atoms with Crippen LogP contribution < -0.4 is 10.6 Å². The molecular formula is C32H30FN3O4. The number of carbonyl (C=O) groups excluding carboxylic acids is 3. The number of hydrogen-bond donors (Lipinski definition) is 2. The fourth-order valence-electron chi connectivity index (χ4n) is 5.85. The molecular weight excluding hydrogens is 509 g/mol. The summed E-state index contributed by atoms with van der Waals surface area (Å²) >= 11 is 0. The molecule has 0 radical (unpaired) electrons. The first-order chi connectivity index (χ1) is 19.2. The minimum atomic E-state index is -0.397. The Hall–Kier alpha value is -4.46. The Balaban J connectivity index is 1.49. The van der Waals surface area contributed by atoms with Crippen molar-refractivity contribution in [2.45, 2.75) is 31.2 Å². The Morgan fingerprint density at radius 3 is 2.33 bits per heavy atom. The molecule has 0 unspecified atom stereocenters. The van der Waals surface area contributed by atoms with Crippen LogP contribution in [0.5, 0.6) is 0 Å². The highest BCUT2D eigenvalue weighted by Gasteiger charge is 2.57. The van der Waals surface area contributed by atoms with Crippen molar-refractivity contribution in [1.29, 1.82) is 0 Å². The molecule has 204 valence electrons. The highest BCUT2D eigenvalue weighted by atomic mass is 19.1. The van der Waals surface area contributed by atoms with Crippen LogP contribution in [0.2, 0.25) is 0 Å². The van der Waals surface area contributed by atoms with Gasteiger partial charge in [-0.25, -0.2) is 4.39 Å². The summed E-state index contributed by atoms with van der Waals surface area (Å²) in [4.78, 5) is 40.6. The molecule has 0 aliphatic heterocycles. The third-order valence-corrected chi connectivity index (χ3v) is 8.17. The lowest BCUT2D eigenvalue weighted by molar-refractivity contribution is -0.127. The summed E-state index contributed by atoms with van der Waals surface area (Å²) in [6.07, 6.45) is 3.24. The number of nitrogens with zero attached hydrogens (tertiary/aromatic N) is 1. The van der Waals surface area contributed by atoms with Gasteiger partial charge in [0.2, 0.25) is 5.91 Å². The first kappa shape index (κ1) is 25.8. The zero-order valence-corrected chi connectivity index (χ0v) is 22.6. The number of benzene rings is 3. The van der Waals surface area contributed by atoms with Gasteiger partial charge in [-0.05, 0) is 90.4 Å². The van der Waals surface area contributed by atoms with Crippen molar-refractivity contribution in [1.82, 2.24) is 15.5 Å². The lowest BCUT2D eigenvalue weighted by Crippen LogP contribution is -2.68. The second kappa shape index (κ2) is 9.62. The predicted molar refractivity (Wildman–Crippen MR) is 150 cm³/mol. The monoisotopic (exact) mass is 539 g/mol. The molecule has 2 bridgehead atoms. The van der Waals surface area contributed by atoms with Gasteiger partial charge in [0.15, 0.2) is 0 Å². The molecule has 7 nitrogen and oxygen atoms in total. The minimum absolute atomic E-state index is 0.0457. The Morgan fingerprint density at radius 1 is 0.975 bits per heavy atom. The van der Waals surface area contributed by atoms with E-state index in [1.807, 2.05) is 24.3 Å². The molecule has 7 rings (SSSR count). The zero-order chi connectivity index (χ0) is 28.2. The Kier molecular flexibility index (Phi) is 6.21. The van der Waals surface area contributed by atoms with Gasteiger partial charge in [-0.15, -0.1) is 0 Å². The van der Waals surface area contributed by atoms with Gasteiger partial charge < -0.3 is 20.0 Å². The third-order valence-electron chi connectivity index (χ3n) is 8.17. The summed E-state index contributed by atoms with van der Waals surface area (Å²) in [7, 11) is 4.92. The van der Waals surface area contributed by atoms with Crippen molar-refractivity contribution in [3.8, 4) is 22.5 Å². The Labute approximate surface area is 231 Å². The molecule has 1 heterocycles. The van der Waals surface area contributed by atoms with Crippen LogP contribution in [-0.2, 0) is 11.2 Å². The SMILES string of the molecule is CNC(=O)c1c(-c2ccc(F)cc2)oc2cc(CC(=O)N(C)C)c(-c3cccc(C(=O)NC45CC(C4)C5)c3)cc12. The van der Waals surface area contributed by atoms with Crippen molar-refractivity contribution in [3.63, 3.8) is 0 Å². The number of fused-ring (bicyclic) bond motifs is 1. The molecule has 2 N–H and O–H groups in total. The van der Waals surface area contributed by atoms with Gasteiger partial charge in [-0.3, -0.25) is 14.4 Å². The largest absolute Gasteiger partial charge is 0.455 e. The van der Waals surface area contributed by atoms with Crippen LogP contribution in [0.25, 0.3) is 33.4 Å². The molecule has 0 saturated heterocycles. The summed E-state index contributed by atoms with van der Waals surface area (Å²) in [6.45, 7) is 0. The van der Waals surface area contributed by atoms with Gasteiger partial charge in [-0.2, -0.15) is 0 Å². The molecule has 3 aliphatic carbocycles. The first-order valence-corrected chi connectivity index (χ1v) is 13.4. The molecule has 3 aliphatic rings. The van der Waals surface area contributed by atoms with Crippen LogP contribution in [0.15, 0.2) is 65.1 Å². The van der Waals surface area contributed by atoms with E-state index in [4.69, 9.17) is 4.42 Å². The van der Waals surface area contributed by atoms with Crippen molar-refractivity contribution in [3.05, 3.63) is 83.2 Å². The topological polar surface area (TPSA) is 91.7 Å². The summed E-state index contributed by atoms with van der Waals surface area (Å²) in [5, 5.41) is 6.44. The molecule has 1 aromatic heterocycles. The van der Waals surface area contributed by atoms with E-state index in [0.717, 1.165) is 36.3 Å². The quantitative estimate of drug-likeness (QED) is 0.339. The molecule has 0 atom stereocenters. The van der Waals surface area contributed by atoms with Crippen LogP contribution in [0.4, 0.5) is 4.39 Å². The van der Waals surface area contributed by atoms with Gasteiger partial charge >= 0.3 is 0 Å². The molecule has 4 aromatic rings. The van der Waals surface area contributed by atoms with E-state index < -0.39 is 5.82 Å². The van der Waals surface area contributed by atoms with Gasteiger partial charge in [-0.1, -0.05) is 12.1 Å². The number of rotatable bonds is 7. The number of nitrogens with one attached hydrogen (secondary N) is 2. The van der Waals surface area contributed by atoms with Gasteiger partial charge in [0.25, 0.3) is 11.8 Å². The standard InChI is InChI=1S/C32H30FN3O4/c1-34-31(39)28-25-14-24(20-5-4-6-21(11-20)30(38)35-32-15-18(16-32)17-32)22(13-27(37)36(2)3)12-26(25)40-29(28)19-7-9-23(33)10-8-19/h4-12,14,18H,13,15-17H2,1-3H3,(H,34,39)(H,35,38). The number of furan rings is 1. The normalized spacial score (nSPS) is 18.9. The first-order valence-electron chi connectivity index (χ1n) is 13.4. The van der Waals surface area contributed by atoms with E-state index in [1.165, 1.54) is 24.1 Å². The van der Waals surface area contributed by atoms with Gasteiger partial charge in [0.05, 0.1) is 12.0 Å². The summed E-state index contributed by atoms with van der Waals surface area (Å²) < 4.78 is 19.8. The highest BCUT2D eigenvalue weighted by molar-refractivity contribution is 6.12. The van der Waals surface area contributed by atoms with Crippen LogP contribution in [0, 0.1) is 11.7 Å².